The Morgan fingerprint density at radius 1 is 1.30 bits per heavy atom. The Kier molecular flexibility index (Phi) is 5.95. The summed E-state index contributed by atoms with van der Waals surface area (Å²) in [7, 11) is 0. The molecule has 0 saturated heterocycles. The molecule has 2 heterocycles. The van der Waals surface area contributed by atoms with E-state index in [9.17, 15) is 9.18 Å². The Balaban J connectivity index is 1.77. The van der Waals surface area contributed by atoms with Crippen LogP contribution in [-0.2, 0) is 17.6 Å². The maximum absolute atomic E-state index is 13.3. The fraction of sp³-hybridized carbons (Fsp3) is 0.524. The van der Waals surface area contributed by atoms with Crippen molar-refractivity contribution in [1.29, 1.82) is 0 Å². The van der Waals surface area contributed by atoms with Crippen molar-refractivity contribution in [1.82, 2.24) is 19.8 Å². The van der Waals surface area contributed by atoms with Crippen LogP contribution in [0.5, 0.6) is 0 Å². The molecule has 0 bridgehead atoms. The third-order valence-electron chi connectivity index (χ3n) is 5.18. The Morgan fingerprint density at radius 2 is 2.07 bits per heavy atom. The maximum Gasteiger partial charge on any atom is 0.243 e. The highest BCUT2D eigenvalue weighted by Crippen LogP contribution is 2.32. The van der Waals surface area contributed by atoms with Gasteiger partial charge in [0.2, 0.25) is 5.91 Å². The van der Waals surface area contributed by atoms with Gasteiger partial charge in [0.1, 0.15) is 11.9 Å². The summed E-state index contributed by atoms with van der Waals surface area (Å²) in [5.41, 5.74) is 2.91. The third kappa shape index (κ3) is 4.21. The number of hydrogen-bond donors (Lipinski definition) is 1. The normalized spacial score (nSPS) is 17.4. The monoisotopic (exact) mass is 372 g/mol. The molecule has 0 fully saturated rings. The Bertz CT molecular complexity index is 799. The zero-order valence-corrected chi connectivity index (χ0v) is 16.6. The first-order valence-electron chi connectivity index (χ1n) is 9.72. The number of nitrogens with zero attached hydrogens (tertiary/aromatic N) is 3. The second-order valence-corrected chi connectivity index (χ2v) is 7.73. The molecule has 0 spiro atoms. The van der Waals surface area contributed by atoms with E-state index in [4.69, 9.17) is 0 Å². The van der Waals surface area contributed by atoms with Gasteiger partial charge in [0.05, 0.1) is 17.7 Å². The summed E-state index contributed by atoms with van der Waals surface area (Å²) in [6, 6.07) is 6.68. The smallest absolute Gasteiger partial charge is 0.243 e. The van der Waals surface area contributed by atoms with Crippen LogP contribution in [0.3, 0.4) is 0 Å². The lowest BCUT2D eigenvalue weighted by Gasteiger charge is -2.38. The van der Waals surface area contributed by atoms with Gasteiger partial charge >= 0.3 is 0 Å². The van der Waals surface area contributed by atoms with Crippen LogP contribution in [0.2, 0.25) is 0 Å². The molecule has 2 aromatic rings. The molecule has 1 aliphatic heterocycles. The minimum Gasteiger partial charge on any atom is -0.354 e. The quantitative estimate of drug-likeness (QED) is 0.847. The lowest BCUT2D eigenvalue weighted by atomic mass is 9.99. The lowest BCUT2D eigenvalue weighted by molar-refractivity contribution is -0.128. The minimum atomic E-state index is -0.342. The molecule has 0 saturated carbocycles. The summed E-state index contributed by atoms with van der Waals surface area (Å²) in [6.45, 7) is 9.75. The van der Waals surface area contributed by atoms with E-state index in [-0.39, 0.29) is 29.8 Å². The van der Waals surface area contributed by atoms with Crippen molar-refractivity contribution >= 4 is 5.91 Å². The Labute approximate surface area is 160 Å². The molecule has 1 N–H and O–H groups in total. The number of hydrogen-bond acceptors (Lipinski definition) is 3. The van der Waals surface area contributed by atoms with E-state index in [1.165, 1.54) is 12.1 Å². The van der Waals surface area contributed by atoms with Crippen LogP contribution >= 0.6 is 0 Å². The summed E-state index contributed by atoms with van der Waals surface area (Å²) in [5, 5.41) is 3.06. The number of aromatic nitrogens is 2. The van der Waals surface area contributed by atoms with Crippen molar-refractivity contribution in [3.63, 3.8) is 0 Å². The van der Waals surface area contributed by atoms with Gasteiger partial charge < -0.3 is 9.88 Å². The number of imidazole rings is 1. The fourth-order valence-corrected chi connectivity index (χ4v) is 3.78. The third-order valence-corrected chi connectivity index (χ3v) is 5.18. The predicted molar refractivity (Wildman–Crippen MR) is 104 cm³/mol. The molecule has 1 atom stereocenters. The molecule has 3 rings (SSSR count). The molecule has 5 nitrogen and oxygen atoms in total. The van der Waals surface area contributed by atoms with Gasteiger partial charge in [-0.3, -0.25) is 9.69 Å². The highest BCUT2D eigenvalue weighted by molar-refractivity contribution is 5.83. The van der Waals surface area contributed by atoms with E-state index in [0.717, 1.165) is 29.9 Å². The van der Waals surface area contributed by atoms with Crippen molar-refractivity contribution in [2.24, 2.45) is 0 Å². The second-order valence-electron chi connectivity index (χ2n) is 7.73. The highest BCUT2D eigenvalue weighted by Gasteiger charge is 2.37. The molecule has 1 unspecified atom stereocenters. The zero-order chi connectivity index (χ0) is 19.6. The van der Waals surface area contributed by atoms with Crippen LogP contribution in [0.15, 0.2) is 30.6 Å². The van der Waals surface area contributed by atoms with Gasteiger partial charge in [0.25, 0.3) is 0 Å². The second kappa shape index (κ2) is 8.21. The summed E-state index contributed by atoms with van der Waals surface area (Å²) in [4.78, 5) is 19.9. The lowest BCUT2D eigenvalue weighted by Crippen LogP contribution is -2.48. The molecule has 1 aromatic heterocycles. The van der Waals surface area contributed by atoms with Crippen LogP contribution in [0, 0.1) is 5.82 Å². The first kappa shape index (κ1) is 19.5. The average Bonchev–Trinajstić information content (AvgIpc) is 3.05. The molecule has 146 valence electrons. The number of carbonyl (C=O) groups is 1. The molecule has 0 aliphatic carbocycles. The predicted octanol–water partition coefficient (Wildman–Crippen LogP) is 3.27. The molecule has 1 aliphatic rings. The number of rotatable bonds is 6. The molecule has 0 radical (unpaired) electrons. The SMILES string of the molecule is CC(C)N1CCc2ncn(C(C)C)c2C1C(=O)NCCc1cccc(F)c1. The van der Waals surface area contributed by atoms with Crippen LogP contribution < -0.4 is 5.32 Å². The molecular weight excluding hydrogens is 343 g/mol. The first-order valence-corrected chi connectivity index (χ1v) is 9.72. The summed E-state index contributed by atoms with van der Waals surface area (Å²) < 4.78 is 15.4. The number of carbonyl (C=O) groups excluding carboxylic acids is 1. The first-order chi connectivity index (χ1) is 12.9. The van der Waals surface area contributed by atoms with Gasteiger partial charge in [-0.1, -0.05) is 12.1 Å². The number of fused-ring (bicyclic) bond motifs is 1. The van der Waals surface area contributed by atoms with E-state index in [1.54, 1.807) is 6.07 Å². The zero-order valence-electron chi connectivity index (χ0n) is 16.6. The highest BCUT2D eigenvalue weighted by atomic mass is 19.1. The van der Waals surface area contributed by atoms with E-state index in [2.05, 4.69) is 47.5 Å². The van der Waals surface area contributed by atoms with E-state index in [0.29, 0.717) is 13.0 Å². The van der Waals surface area contributed by atoms with E-state index >= 15 is 0 Å². The van der Waals surface area contributed by atoms with Gasteiger partial charge in [-0.2, -0.15) is 0 Å². The molecule has 6 heteroatoms. The van der Waals surface area contributed by atoms with Gasteiger partial charge in [-0.15, -0.1) is 0 Å². The summed E-state index contributed by atoms with van der Waals surface area (Å²) in [6.07, 6.45) is 3.32. The van der Waals surface area contributed by atoms with Crippen molar-refractivity contribution < 1.29 is 9.18 Å². The molecule has 1 aromatic carbocycles. The number of nitrogens with one attached hydrogen (secondary N) is 1. The average molecular weight is 372 g/mol. The molecule has 1 amide bonds. The van der Waals surface area contributed by atoms with Crippen LogP contribution in [0.25, 0.3) is 0 Å². The fourth-order valence-electron chi connectivity index (χ4n) is 3.78. The van der Waals surface area contributed by atoms with Gasteiger partial charge in [-0.25, -0.2) is 9.37 Å². The molecule has 27 heavy (non-hydrogen) atoms. The van der Waals surface area contributed by atoms with Gasteiger partial charge in [-0.05, 0) is 51.8 Å². The molecular formula is C21H29FN4O. The van der Waals surface area contributed by atoms with E-state index in [1.807, 2.05) is 12.4 Å². The number of amides is 1. The van der Waals surface area contributed by atoms with Crippen LogP contribution in [-0.4, -0.2) is 39.5 Å². The van der Waals surface area contributed by atoms with Crippen molar-refractivity contribution in [3.8, 4) is 0 Å². The summed E-state index contributed by atoms with van der Waals surface area (Å²) in [5.74, 6) is -0.258. The van der Waals surface area contributed by atoms with Crippen molar-refractivity contribution in [3.05, 3.63) is 53.4 Å². The number of halogens is 1. The minimum absolute atomic E-state index is 0.0107. The Hall–Kier alpha value is -2.21. The van der Waals surface area contributed by atoms with Crippen molar-refractivity contribution in [2.45, 2.75) is 58.7 Å². The van der Waals surface area contributed by atoms with Gasteiger partial charge in [0.15, 0.2) is 0 Å². The number of benzene rings is 1. The van der Waals surface area contributed by atoms with E-state index < -0.39 is 0 Å². The van der Waals surface area contributed by atoms with Gasteiger partial charge in [0, 0.05) is 31.6 Å². The Morgan fingerprint density at radius 3 is 2.74 bits per heavy atom. The summed E-state index contributed by atoms with van der Waals surface area (Å²) >= 11 is 0. The maximum atomic E-state index is 13.3. The largest absolute Gasteiger partial charge is 0.354 e. The van der Waals surface area contributed by atoms with Crippen LogP contribution in [0.4, 0.5) is 4.39 Å². The van der Waals surface area contributed by atoms with Crippen LogP contribution in [0.1, 0.15) is 56.7 Å². The standard InChI is InChI=1S/C21H29FN4O/c1-14(2)25-11-9-18-19(26(13-24-18)15(3)4)20(25)21(27)23-10-8-16-6-5-7-17(22)12-16/h5-7,12-15,20H,8-11H2,1-4H3,(H,23,27). The van der Waals surface area contributed by atoms with Crippen molar-refractivity contribution in [2.75, 3.05) is 13.1 Å². The topological polar surface area (TPSA) is 50.2 Å².